The molecule has 2 heterocycles. The fourth-order valence-corrected chi connectivity index (χ4v) is 5.80. The number of primary amides is 1. The van der Waals surface area contributed by atoms with Gasteiger partial charge in [-0.15, -0.1) is 0 Å². The van der Waals surface area contributed by atoms with Gasteiger partial charge in [-0.05, 0) is 50.1 Å². The maximum absolute atomic E-state index is 14.1. The van der Waals surface area contributed by atoms with Gasteiger partial charge >= 0.3 is 0 Å². The van der Waals surface area contributed by atoms with Gasteiger partial charge in [0, 0.05) is 60.9 Å². The van der Waals surface area contributed by atoms with Crippen LogP contribution in [0.15, 0.2) is 48.2 Å². The molecule has 1 aliphatic heterocycles. The van der Waals surface area contributed by atoms with Gasteiger partial charge in [0.15, 0.2) is 11.6 Å². The Morgan fingerprint density at radius 3 is 2.62 bits per heavy atom. The molecule has 0 spiro atoms. The molecule has 1 aliphatic carbocycles. The highest BCUT2D eigenvalue weighted by Crippen LogP contribution is 2.42. The van der Waals surface area contributed by atoms with Crippen LogP contribution in [0.2, 0.25) is 10.0 Å². The van der Waals surface area contributed by atoms with Gasteiger partial charge in [0.2, 0.25) is 11.8 Å². The number of nitrogen functional groups attached to an aromatic ring is 1. The van der Waals surface area contributed by atoms with Gasteiger partial charge in [-0.1, -0.05) is 41.4 Å². The number of benzene rings is 1. The van der Waals surface area contributed by atoms with E-state index >= 15 is 0 Å². The second-order valence-electron chi connectivity index (χ2n) is 9.97. The van der Waals surface area contributed by atoms with Crippen molar-refractivity contribution >= 4 is 40.8 Å². The Bertz CT molecular complexity index is 1330. The van der Waals surface area contributed by atoms with E-state index in [0.717, 1.165) is 25.2 Å². The Morgan fingerprint density at radius 1 is 1.23 bits per heavy atom. The number of anilines is 1. The summed E-state index contributed by atoms with van der Waals surface area (Å²) >= 11 is 12.5. The Hall–Kier alpha value is -3.14. The summed E-state index contributed by atoms with van der Waals surface area (Å²) < 4.78 is 20.3. The van der Waals surface area contributed by atoms with E-state index in [1.807, 2.05) is 17.1 Å². The van der Waals surface area contributed by atoms with Crippen LogP contribution in [0.5, 0.6) is 5.75 Å². The van der Waals surface area contributed by atoms with Crippen LogP contribution in [0.4, 0.5) is 10.2 Å². The maximum Gasteiger partial charge on any atom is 0.244 e. The van der Waals surface area contributed by atoms with Crippen molar-refractivity contribution in [1.29, 1.82) is 0 Å². The summed E-state index contributed by atoms with van der Waals surface area (Å²) in [5.41, 5.74) is 12.8. The Morgan fingerprint density at radius 2 is 1.95 bits per heavy atom. The minimum absolute atomic E-state index is 0.0769. The highest BCUT2D eigenvalue weighted by Gasteiger charge is 2.35. The van der Waals surface area contributed by atoms with Crippen molar-refractivity contribution in [2.45, 2.75) is 38.2 Å². The van der Waals surface area contributed by atoms with Crippen LogP contribution in [-0.4, -0.2) is 59.3 Å². The third-order valence-electron chi connectivity index (χ3n) is 7.47. The number of aromatic nitrogens is 1. The van der Waals surface area contributed by atoms with Crippen LogP contribution in [0.25, 0.3) is 0 Å². The molecule has 2 unspecified atom stereocenters. The molecule has 4 rings (SSSR count). The number of ether oxygens (including phenoxy) is 1. The van der Waals surface area contributed by atoms with E-state index in [9.17, 15) is 14.0 Å². The lowest BCUT2D eigenvalue weighted by Gasteiger charge is -2.38. The molecule has 1 fully saturated rings. The fraction of sp³-hybridized carbons (Fsp3) is 0.393. The van der Waals surface area contributed by atoms with Gasteiger partial charge in [0.05, 0.1) is 5.02 Å². The Balaban J connectivity index is 1.61. The molecule has 2 aromatic rings. The van der Waals surface area contributed by atoms with E-state index in [-0.39, 0.29) is 27.5 Å². The molecule has 2 atom stereocenters. The van der Waals surface area contributed by atoms with Crippen molar-refractivity contribution in [3.63, 3.8) is 0 Å². The molecule has 1 saturated heterocycles. The minimum Gasteiger partial charge on any atom is -0.482 e. The zero-order valence-electron chi connectivity index (χ0n) is 21.9. The predicted octanol–water partition coefficient (Wildman–Crippen LogP) is 4.41. The molecule has 2 aliphatic rings. The number of piperazine rings is 1. The number of carbonyl (C=O) groups excluding carboxylic acids is 2. The van der Waals surface area contributed by atoms with Crippen molar-refractivity contribution in [3.8, 4) is 5.75 Å². The molecular formula is C28H32Cl2FN5O3. The molecule has 0 saturated carbocycles. The summed E-state index contributed by atoms with van der Waals surface area (Å²) in [6, 6.07) is 4.41. The minimum atomic E-state index is -0.725. The molecule has 8 nitrogen and oxygen atoms in total. The number of nitrogens with two attached hydrogens (primary N) is 2. The zero-order valence-corrected chi connectivity index (χ0v) is 23.4. The largest absolute Gasteiger partial charge is 0.482 e. The first-order chi connectivity index (χ1) is 18.5. The van der Waals surface area contributed by atoms with Crippen molar-refractivity contribution in [2.24, 2.45) is 5.73 Å². The number of pyridine rings is 1. The maximum atomic E-state index is 14.1. The second kappa shape index (κ2) is 11.9. The number of hydrogen-bond acceptors (Lipinski definition) is 6. The molecule has 0 radical (unpaired) electrons. The number of carbonyl (C=O) groups is 2. The lowest BCUT2D eigenvalue weighted by Crippen LogP contribution is -2.49. The average molecular weight is 576 g/mol. The molecule has 2 amide bonds. The lowest BCUT2D eigenvalue weighted by atomic mass is 9.71. The summed E-state index contributed by atoms with van der Waals surface area (Å²) in [4.78, 5) is 32.4. The monoisotopic (exact) mass is 575 g/mol. The van der Waals surface area contributed by atoms with Crippen LogP contribution in [-0.2, 0) is 15.0 Å². The lowest BCUT2D eigenvalue weighted by molar-refractivity contribution is -0.130. The van der Waals surface area contributed by atoms with Crippen LogP contribution < -0.4 is 16.2 Å². The number of rotatable bonds is 8. The summed E-state index contributed by atoms with van der Waals surface area (Å²) in [5, 5.41) is 0.148. The summed E-state index contributed by atoms with van der Waals surface area (Å²) in [7, 11) is 0. The third-order valence-corrected chi connectivity index (χ3v) is 8.19. The Kier molecular flexibility index (Phi) is 8.83. The van der Waals surface area contributed by atoms with Crippen LogP contribution in [0.1, 0.15) is 43.9 Å². The first-order valence-corrected chi connectivity index (χ1v) is 13.5. The highest BCUT2D eigenvalue weighted by molar-refractivity contribution is 6.36. The summed E-state index contributed by atoms with van der Waals surface area (Å²) in [6.45, 7) is 6.89. The molecule has 0 bridgehead atoms. The number of allylic oxidation sites excluding steroid dienone is 3. The molecule has 208 valence electrons. The zero-order chi connectivity index (χ0) is 28.3. The smallest absolute Gasteiger partial charge is 0.244 e. The van der Waals surface area contributed by atoms with Crippen LogP contribution >= 0.6 is 23.2 Å². The van der Waals surface area contributed by atoms with Crippen molar-refractivity contribution in [1.82, 2.24) is 14.8 Å². The van der Waals surface area contributed by atoms with Crippen molar-refractivity contribution in [2.75, 3.05) is 38.5 Å². The number of halogens is 3. The summed E-state index contributed by atoms with van der Waals surface area (Å²) in [5.74, 6) is -0.576. The Labute approximate surface area is 237 Å². The molecule has 4 N–H and O–H groups in total. The van der Waals surface area contributed by atoms with E-state index in [1.165, 1.54) is 12.1 Å². The third kappa shape index (κ3) is 6.37. The van der Waals surface area contributed by atoms with Gasteiger partial charge in [0.25, 0.3) is 0 Å². The molecular weight excluding hydrogens is 544 g/mol. The molecule has 1 aromatic heterocycles. The first-order valence-electron chi connectivity index (χ1n) is 12.7. The molecule has 11 heteroatoms. The molecule has 39 heavy (non-hydrogen) atoms. The van der Waals surface area contributed by atoms with Gasteiger partial charge in [-0.2, -0.15) is 0 Å². The number of hydrogen-bond donors (Lipinski definition) is 2. The number of amides is 2. The van der Waals surface area contributed by atoms with E-state index in [1.54, 1.807) is 32.2 Å². The summed E-state index contributed by atoms with van der Waals surface area (Å²) in [6.07, 6.45) is 7.61. The second-order valence-corrected chi connectivity index (χ2v) is 10.8. The van der Waals surface area contributed by atoms with E-state index in [0.29, 0.717) is 37.1 Å². The average Bonchev–Trinajstić information content (AvgIpc) is 2.91. The fourth-order valence-electron chi connectivity index (χ4n) is 5.12. The van der Waals surface area contributed by atoms with Crippen molar-refractivity contribution < 1.29 is 18.7 Å². The van der Waals surface area contributed by atoms with Crippen LogP contribution in [0, 0.1) is 5.82 Å². The first kappa shape index (κ1) is 28.9. The van der Waals surface area contributed by atoms with Crippen molar-refractivity contribution in [3.05, 3.63) is 75.2 Å². The molecule has 1 aromatic carbocycles. The van der Waals surface area contributed by atoms with Crippen LogP contribution in [0.3, 0.4) is 0 Å². The highest BCUT2D eigenvalue weighted by atomic mass is 35.5. The van der Waals surface area contributed by atoms with Gasteiger partial charge in [0.1, 0.15) is 11.9 Å². The standard InChI is InChI=1S/C28H32Cl2FN5O3/c1-17(24-21(29)5-6-22(31)25(24)30)39-23-14-20(16-34-26(23)32)28(7-3-4-19(15-28)27(33)38)8-9-35-10-12-36(13-11-35)18(2)37/h3-7,14,16-17H,8-13,15H2,1-2H3,(H2,32,34)(H2,33,38). The normalized spacial score (nSPS) is 20.4. The van der Waals surface area contributed by atoms with Gasteiger partial charge < -0.3 is 21.1 Å². The number of nitrogens with zero attached hydrogens (tertiary/aromatic N) is 3. The van der Waals surface area contributed by atoms with E-state index in [4.69, 9.17) is 39.4 Å². The SMILES string of the molecule is CC(=O)N1CCN(CCC2(c3cnc(N)c(OC(C)c4c(Cl)ccc(F)c4Cl)c3)C=CC=C(C(N)=O)C2)CC1. The topological polar surface area (TPSA) is 115 Å². The predicted molar refractivity (Wildman–Crippen MR) is 150 cm³/mol. The van der Waals surface area contributed by atoms with Gasteiger partial charge in [-0.25, -0.2) is 9.37 Å². The van der Waals surface area contributed by atoms with E-state index in [2.05, 4.69) is 9.88 Å². The van der Waals surface area contributed by atoms with E-state index < -0.39 is 23.2 Å². The van der Waals surface area contributed by atoms with Gasteiger partial charge in [-0.3, -0.25) is 14.5 Å². The quantitative estimate of drug-likeness (QED) is 0.450.